The number of aryl methyl sites for hydroxylation is 1. The molecule has 1 fully saturated rings. The Morgan fingerprint density at radius 2 is 1.88 bits per heavy atom. The molecule has 1 aromatic carbocycles. The van der Waals surface area contributed by atoms with Gasteiger partial charge in [0.1, 0.15) is 11.6 Å². The number of hydrogen-bond acceptors (Lipinski definition) is 5. The lowest BCUT2D eigenvalue weighted by molar-refractivity contribution is 0.221. The molecule has 128 valence electrons. The number of anilines is 1. The van der Waals surface area contributed by atoms with Crippen LogP contribution in [0.5, 0.6) is 5.75 Å². The zero-order valence-electron chi connectivity index (χ0n) is 14.4. The first-order valence-corrected chi connectivity index (χ1v) is 8.80. The molecule has 0 aliphatic carbocycles. The lowest BCUT2D eigenvalue weighted by Gasteiger charge is -2.32. The van der Waals surface area contributed by atoms with Crippen LogP contribution in [-0.2, 0) is 0 Å². The van der Waals surface area contributed by atoms with E-state index in [1.54, 1.807) is 6.20 Å². The maximum atomic E-state index is 5.99. The average molecular weight is 334 g/mol. The summed E-state index contributed by atoms with van der Waals surface area (Å²) >= 11 is 0. The molecule has 1 saturated heterocycles. The van der Waals surface area contributed by atoms with Gasteiger partial charge in [-0.05, 0) is 43.9 Å². The number of fused-ring (bicyclic) bond motifs is 1. The standard InChI is InChI=1S/C20H22N4O/c1-15-12-21-9-6-19(15)25-14-16-7-10-24(11-8-16)20-13-22-17-4-2-3-5-18(17)23-20/h2-6,9,12-13,16H,7-8,10-11,14H2,1H3. The minimum atomic E-state index is 0.581. The van der Waals surface area contributed by atoms with Crippen molar-refractivity contribution in [1.82, 2.24) is 15.0 Å². The van der Waals surface area contributed by atoms with Gasteiger partial charge in [-0.15, -0.1) is 0 Å². The number of piperidine rings is 1. The van der Waals surface area contributed by atoms with Crippen molar-refractivity contribution in [2.75, 3.05) is 24.6 Å². The third-order valence-corrected chi connectivity index (χ3v) is 4.82. The molecule has 0 N–H and O–H groups in total. The lowest BCUT2D eigenvalue weighted by atomic mass is 9.98. The van der Waals surface area contributed by atoms with Gasteiger partial charge in [0.05, 0.1) is 23.8 Å². The second-order valence-corrected chi connectivity index (χ2v) is 6.60. The van der Waals surface area contributed by atoms with Gasteiger partial charge in [-0.3, -0.25) is 9.97 Å². The highest BCUT2D eigenvalue weighted by Gasteiger charge is 2.21. The number of pyridine rings is 1. The molecule has 0 saturated carbocycles. The van der Waals surface area contributed by atoms with E-state index in [-0.39, 0.29) is 0 Å². The van der Waals surface area contributed by atoms with Gasteiger partial charge in [-0.1, -0.05) is 12.1 Å². The Kier molecular flexibility index (Phi) is 4.46. The number of rotatable bonds is 4. The van der Waals surface area contributed by atoms with Crippen LogP contribution in [0.2, 0.25) is 0 Å². The van der Waals surface area contributed by atoms with Gasteiger partial charge < -0.3 is 9.64 Å². The predicted octanol–water partition coefficient (Wildman–Crippen LogP) is 3.63. The Balaban J connectivity index is 1.35. The third-order valence-electron chi connectivity index (χ3n) is 4.82. The number of benzene rings is 1. The largest absolute Gasteiger partial charge is 0.493 e. The first kappa shape index (κ1) is 15.8. The van der Waals surface area contributed by atoms with Gasteiger partial charge in [0.25, 0.3) is 0 Å². The first-order chi connectivity index (χ1) is 12.3. The zero-order valence-corrected chi connectivity index (χ0v) is 14.4. The van der Waals surface area contributed by atoms with Crippen molar-refractivity contribution >= 4 is 16.9 Å². The molecule has 5 nitrogen and oxygen atoms in total. The van der Waals surface area contributed by atoms with Crippen molar-refractivity contribution in [3.63, 3.8) is 0 Å². The van der Waals surface area contributed by atoms with Crippen molar-refractivity contribution in [2.45, 2.75) is 19.8 Å². The summed E-state index contributed by atoms with van der Waals surface area (Å²) < 4.78 is 5.99. The van der Waals surface area contributed by atoms with Gasteiger partial charge in [-0.2, -0.15) is 0 Å². The summed E-state index contributed by atoms with van der Waals surface area (Å²) in [5, 5.41) is 0. The number of para-hydroxylation sites is 2. The fourth-order valence-electron chi connectivity index (χ4n) is 3.26. The van der Waals surface area contributed by atoms with Crippen LogP contribution in [0.25, 0.3) is 11.0 Å². The Morgan fingerprint density at radius 3 is 2.68 bits per heavy atom. The van der Waals surface area contributed by atoms with E-state index in [0.717, 1.165) is 60.7 Å². The maximum absolute atomic E-state index is 5.99. The van der Waals surface area contributed by atoms with Crippen LogP contribution in [0.15, 0.2) is 48.9 Å². The van der Waals surface area contributed by atoms with E-state index >= 15 is 0 Å². The van der Waals surface area contributed by atoms with E-state index in [2.05, 4.69) is 14.9 Å². The molecule has 5 heteroatoms. The molecule has 1 aliphatic rings. The van der Waals surface area contributed by atoms with Crippen LogP contribution in [0, 0.1) is 12.8 Å². The lowest BCUT2D eigenvalue weighted by Crippen LogP contribution is -2.36. The van der Waals surface area contributed by atoms with Crippen molar-refractivity contribution < 1.29 is 4.74 Å². The van der Waals surface area contributed by atoms with E-state index in [1.165, 1.54) is 0 Å². The van der Waals surface area contributed by atoms with Gasteiger partial charge in [0.15, 0.2) is 0 Å². The van der Waals surface area contributed by atoms with E-state index in [1.807, 2.05) is 49.6 Å². The summed E-state index contributed by atoms with van der Waals surface area (Å²) in [6.07, 6.45) is 7.73. The van der Waals surface area contributed by atoms with E-state index in [9.17, 15) is 0 Å². The first-order valence-electron chi connectivity index (χ1n) is 8.80. The van der Waals surface area contributed by atoms with Gasteiger partial charge in [0.2, 0.25) is 0 Å². The predicted molar refractivity (Wildman–Crippen MR) is 98.9 cm³/mol. The average Bonchev–Trinajstić information content (AvgIpc) is 2.67. The van der Waals surface area contributed by atoms with Gasteiger partial charge >= 0.3 is 0 Å². The van der Waals surface area contributed by atoms with Crippen LogP contribution in [-0.4, -0.2) is 34.6 Å². The highest BCUT2D eigenvalue weighted by Crippen LogP contribution is 2.24. The summed E-state index contributed by atoms with van der Waals surface area (Å²) in [5.74, 6) is 2.50. The van der Waals surface area contributed by atoms with Gasteiger partial charge in [0, 0.05) is 31.0 Å². The summed E-state index contributed by atoms with van der Waals surface area (Å²) in [4.78, 5) is 15.7. The molecule has 0 radical (unpaired) electrons. The molecule has 0 amide bonds. The quantitative estimate of drug-likeness (QED) is 0.729. The molecule has 0 spiro atoms. The van der Waals surface area contributed by atoms with Crippen LogP contribution in [0.4, 0.5) is 5.82 Å². The third kappa shape index (κ3) is 3.55. The molecule has 0 bridgehead atoms. The number of ether oxygens (including phenoxy) is 1. The second-order valence-electron chi connectivity index (χ2n) is 6.60. The summed E-state index contributed by atoms with van der Waals surface area (Å²) in [7, 11) is 0. The van der Waals surface area contributed by atoms with Crippen molar-refractivity contribution in [1.29, 1.82) is 0 Å². The Bertz CT molecular complexity index is 859. The van der Waals surface area contributed by atoms with Crippen LogP contribution >= 0.6 is 0 Å². The Labute approximate surface area is 147 Å². The normalized spacial score (nSPS) is 15.5. The van der Waals surface area contributed by atoms with Gasteiger partial charge in [-0.25, -0.2) is 4.98 Å². The fraction of sp³-hybridized carbons (Fsp3) is 0.350. The van der Waals surface area contributed by atoms with Crippen molar-refractivity contribution in [2.24, 2.45) is 5.92 Å². The molecule has 0 unspecified atom stereocenters. The minimum Gasteiger partial charge on any atom is -0.493 e. The van der Waals surface area contributed by atoms with Crippen LogP contribution in [0.1, 0.15) is 18.4 Å². The molecular weight excluding hydrogens is 312 g/mol. The number of hydrogen-bond donors (Lipinski definition) is 0. The number of aromatic nitrogens is 3. The molecule has 3 aromatic rings. The molecule has 3 heterocycles. The molecule has 25 heavy (non-hydrogen) atoms. The molecule has 0 atom stereocenters. The topological polar surface area (TPSA) is 51.1 Å². The molecule has 4 rings (SSSR count). The molecular formula is C20H22N4O. The minimum absolute atomic E-state index is 0.581. The monoisotopic (exact) mass is 334 g/mol. The zero-order chi connectivity index (χ0) is 17.1. The van der Waals surface area contributed by atoms with E-state index < -0.39 is 0 Å². The highest BCUT2D eigenvalue weighted by molar-refractivity contribution is 5.75. The summed E-state index contributed by atoms with van der Waals surface area (Å²) in [6, 6.07) is 9.95. The molecule has 1 aliphatic heterocycles. The SMILES string of the molecule is Cc1cnccc1OCC1CCN(c2cnc3ccccc3n2)CC1. The van der Waals surface area contributed by atoms with Crippen molar-refractivity contribution in [3.8, 4) is 5.75 Å². The smallest absolute Gasteiger partial charge is 0.147 e. The summed E-state index contributed by atoms with van der Waals surface area (Å²) in [5.41, 5.74) is 2.99. The molecule has 2 aromatic heterocycles. The summed E-state index contributed by atoms with van der Waals surface area (Å²) in [6.45, 7) is 4.79. The van der Waals surface area contributed by atoms with E-state index in [4.69, 9.17) is 9.72 Å². The second kappa shape index (κ2) is 7.05. The Morgan fingerprint density at radius 1 is 1.08 bits per heavy atom. The Hall–Kier alpha value is -2.69. The fourth-order valence-corrected chi connectivity index (χ4v) is 3.26. The van der Waals surface area contributed by atoms with Crippen LogP contribution < -0.4 is 9.64 Å². The number of nitrogens with zero attached hydrogens (tertiary/aromatic N) is 4. The maximum Gasteiger partial charge on any atom is 0.147 e. The van der Waals surface area contributed by atoms with E-state index in [0.29, 0.717) is 5.92 Å². The van der Waals surface area contributed by atoms with Crippen molar-refractivity contribution in [3.05, 3.63) is 54.5 Å². The highest BCUT2D eigenvalue weighted by atomic mass is 16.5. The van der Waals surface area contributed by atoms with Crippen LogP contribution in [0.3, 0.4) is 0 Å².